The fourth-order valence-corrected chi connectivity index (χ4v) is 3.41. The lowest BCUT2D eigenvalue weighted by molar-refractivity contribution is -0.180. The maximum atomic E-state index is 12.8. The van der Waals surface area contributed by atoms with Crippen molar-refractivity contribution in [2.24, 2.45) is 22.7 Å². The van der Waals surface area contributed by atoms with Crippen molar-refractivity contribution >= 4 is 47.8 Å². The molecular formula is C44H68F12O16. The lowest BCUT2D eigenvalue weighted by Crippen LogP contribution is -2.34. The molecule has 0 aliphatic carbocycles. The quantitative estimate of drug-likeness (QED) is 0.0309. The third-order valence-electron chi connectivity index (χ3n) is 9.26. The van der Waals surface area contributed by atoms with Crippen molar-refractivity contribution in [2.45, 2.75) is 158 Å². The largest absolute Gasteiger partial charge is 0.462 e. The predicted octanol–water partition coefficient (Wildman–Crippen LogP) is 9.15. The molecule has 0 amide bonds. The van der Waals surface area contributed by atoms with Crippen LogP contribution in [0.3, 0.4) is 0 Å². The van der Waals surface area contributed by atoms with Gasteiger partial charge in [-0.2, -0.15) is 35.1 Å². The number of carbonyl (C=O) groups is 8. The Labute approximate surface area is 410 Å². The number of halogens is 12. The molecule has 0 fully saturated rings. The molecule has 424 valence electrons. The summed E-state index contributed by atoms with van der Waals surface area (Å²) in [7, 11) is 0. The minimum atomic E-state index is -4.25. The summed E-state index contributed by atoms with van der Waals surface area (Å²) in [4.78, 5) is 88.0. The molecule has 0 spiro atoms. The summed E-state index contributed by atoms with van der Waals surface area (Å²) < 4.78 is 183. The molecule has 2 atom stereocenters. The van der Waals surface area contributed by atoms with Gasteiger partial charge in [-0.25, -0.2) is 36.7 Å². The first-order valence-corrected chi connectivity index (χ1v) is 22.1. The molecular weight excluding hydrogens is 1010 g/mol. The maximum Gasteiger partial charge on any atom is 0.377 e. The van der Waals surface area contributed by atoms with Gasteiger partial charge in [-0.05, 0) is 53.4 Å². The second-order valence-electron chi connectivity index (χ2n) is 16.6. The first-order valence-electron chi connectivity index (χ1n) is 22.1. The van der Waals surface area contributed by atoms with E-state index < -0.39 is 128 Å². The highest BCUT2D eigenvalue weighted by Gasteiger charge is 2.44. The van der Waals surface area contributed by atoms with E-state index in [1.807, 2.05) is 13.8 Å². The smallest absolute Gasteiger partial charge is 0.377 e. The van der Waals surface area contributed by atoms with E-state index in [2.05, 4.69) is 23.7 Å². The van der Waals surface area contributed by atoms with Crippen molar-refractivity contribution in [1.82, 2.24) is 0 Å². The molecule has 72 heavy (non-hydrogen) atoms. The number of alkyl halides is 12. The SMILES string of the molecule is CCC(C)(C)C(=O)OCCOC(=O)C(C)(F)F.CCC(C)(C)C(=O)OCCOC(=O)C(F)(F)CC(F)F.CCC(C)C(=O)OCCOC(=O)C(C)(F)F.CCC(C)C(=O)OCCOC(=O)C(F)(F)CC(F)F. The summed E-state index contributed by atoms with van der Waals surface area (Å²) in [6, 6.07) is 0. The van der Waals surface area contributed by atoms with Gasteiger partial charge in [0.25, 0.3) is 0 Å². The van der Waals surface area contributed by atoms with Crippen LogP contribution in [0.5, 0.6) is 0 Å². The summed E-state index contributed by atoms with van der Waals surface area (Å²) in [5, 5.41) is 0. The van der Waals surface area contributed by atoms with Gasteiger partial charge in [-0.15, -0.1) is 0 Å². The second-order valence-corrected chi connectivity index (χ2v) is 16.6. The number of carbonyl (C=O) groups excluding carboxylic acids is 8. The average Bonchev–Trinajstić information content (AvgIpc) is 3.27. The molecule has 0 saturated carbocycles. The maximum absolute atomic E-state index is 12.8. The first-order chi connectivity index (χ1) is 32.6. The molecule has 0 heterocycles. The van der Waals surface area contributed by atoms with Gasteiger partial charge in [-0.3, -0.25) is 19.2 Å². The minimum Gasteiger partial charge on any atom is -0.462 e. The third kappa shape index (κ3) is 35.1. The molecule has 0 aromatic rings. The van der Waals surface area contributed by atoms with Gasteiger partial charge in [0.15, 0.2) is 0 Å². The van der Waals surface area contributed by atoms with E-state index in [1.165, 1.54) is 0 Å². The number of rotatable bonds is 28. The topological polar surface area (TPSA) is 210 Å². The van der Waals surface area contributed by atoms with Gasteiger partial charge < -0.3 is 37.9 Å². The molecule has 0 N–H and O–H groups in total. The van der Waals surface area contributed by atoms with Crippen LogP contribution in [0.4, 0.5) is 52.7 Å². The van der Waals surface area contributed by atoms with Crippen LogP contribution in [-0.2, 0) is 76.3 Å². The molecule has 2 unspecified atom stereocenters. The zero-order chi connectivity index (χ0) is 57.5. The van der Waals surface area contributed by atoms with Crippen LogP contribution in [0.15, 0.2) is 0 Å². The van der Waals surface area contributed by atoms with E-state index in [-0.39, 0.29) is 44.9 Å². The predicted molar refractivity (Wildman–Crippen MR) is 227 cm³/mol. The van der Waals surface area contributed by atoms with Gasteiger partial charge >= 0.3 is 71.4 Å². The van der Waals surface area contributed by atoms with E-state index >= 15 is 0 Å². The Morgan fingerprint density at radius 2 is 0.569 bits per heavy atom. The third-order valence-corrected chi connectivity index (χ3v) is 9.26. The highest BCUT2D eigenvalue weighted by molar-refractivity contribution is 5.79. The Balaban J connectivity index is -0.000000430. The van der Waals surface area contributed by atoms with Crippen molar-refractivity contribution in [2.75, 3.05) is 52.9 Å². The zero-order valence-corrected chi connectivity index (χ0v) is 42.3. The number of hydrogen-bond donors (Lipinski definition) is 0. The van der Waals surface area contributed by atoms with Crippen molar-refractivity contribution in [3.8, 4) is 0 Å². The van der Waals surface area contributed by atoms with Crippen LogP contribution < -0.4 is 0 Å². The number of hydrogen-bond acceptors (Lipinski definition) is 16. The van der Waals surface area contributed by atoms with Crippen molar-refractivity contribution in [3.05, 3.63) is 0 Å². The van der Waals surface area contributed by atoms with Crippen LogP contribution in [0.25, 0.3) is 0 Å². The lowest BCUT2D eigenvalue weighted by atomic mass is 9.91. The van der Waals surface area contributed by atoms with E-state index in [0.29, 0.717) is 39.5 Å². The van der Waals surface area contributed by atoms with Crippen molar-refractivity contribution in [1.29, 1.82) is 0 Å². The molecule has 0 radical (unpaired) electrons. The highest BCUT2D eigenvalue weighted by atomic mass is 19.3. The summed E-state index contributed by atoms with van der Waals surface area (Å²) in [5.74, 6) is -25.4. The van der Waals surface area contributed by atoms with Crippen LogP contribution >= 0.6 is 0 Å². The van der Waals surface area contributed by atoms with Gasteiger partial charge in [-0.1, -0.05) is 41.5 Å². The summed E-state index contributed by atoms with van der Waals surface area (Å²) in [6.45, 7) is 14.9. The summed E-state index contributed by atoms with van der Waals surface area (Å²) in [5.41, 5.74) is -1.36. The Hall–Kier alpha value is -5.08. The van der Waals surface area contributed by atoms with Crippen LogP contribution in [0, 0.1) is 22.7 Å². The Bertz CT molecular complexity index is 1650. The molecule has 0 saturated heterocycles. The van der Waals surface area contributed by atoms with Gasteiger partial charge in [0.2, 0.25) is 12.9 Å². The normalized spacial score (nSPS) is 12.7. The van der Waals surface area contributed by atoms with E-state index in [0.717, 1.165) is 0 Å². The molecule has 0 aromatic heterocycles. The molecule has 16 nitrogen and oxygen atoms in total. The van der Waals surface area contributed by atoms with E-state index in [4.69, 9.17) is 14.2 Å². The first kappa shape index (κ1) is 73.5. The zero-order valence-electron chi connectivity index (χ0n) is 42.3. The molecule has 0 aliphatic rings. The van der Waals surface area contributed by atoms with Crippen molar-refractivity contribution in [3.63, 3.8) is 0 Å². The highest BCUT2D eigenvalue weighted by Crippen LogP contribution is 2.26. The van der Waals surface area contributed by atoms with Crippen LogP contribution in [-0.4, -0.2) is 137 Å². The average molecular weight is 1080 g/mol. The molecule has 0 aliphatic heterocycles. The van der Waals surface area contributed by atoms with Gasteiger partial charge in [0, 0.05) is 13.8 Å². The fourth-order valence-electron chi connectivity index (χ4n) is 3.41. The molecule has 0 bridgehead atoms. The Morgan fingerprint density at radius 1 is 0.361 bits per heavy atom. The van der Waals surface area contributed by atoms with E-state index in [9.17, 15) is 91.0 Å². The van der Waals surface area contributed by atoms with Crippen LogP contribution in [0.1, 0.15) is 122 Å². The molecule has 28 heteroatoms. The Morgan fingerprint density at radius 3 is 0.764 bits per heavy atom. The molecule has 0 rings (SSSR count). The summed E-state index contributed by atoms with van der Waals surface area (Å²) in [6.07, 6.45) is -8.13. The monoisotopic (exact) mass is 1080 g/mol. The summed E-state index contributed by atoms with van der Waals surface area (Å²) >= 11 is 0. The fraction of sp³-hybridized carbons (Fsp3) is 0.818. The lowest BCUT2D eigenvalue weighted by Gasteiger charge is -2.20. The Kier molecular flexibility index (Phi) is 35.8. The van der Waals surface area contributed by atoms with Crippen molar-refractivity contribution < 1.29 is 129 Å². The molecule has 0 aromatic carbocycles. The minimum absolute atomic E-state index is 0.203. The second kappa shape index (κ2) is 35.1. The van der Waals surface area contributed by atoms with Crippen LogP contribution in [0.2, 0.25) is 0 Å². The van der Waals surface area contributed by atoms with Gasteiger partial charge in [0.05, 0.1) is 35.5 Å². The number of esters is 8. The number of ether oxygens (including phenoxy) is 8. The van der Waals surface area contributed by atoms with Gasteiger partial charge in [0.1, 0.15) is 52.9 Å². The standard InChI is InChI=1S/C12H18F4O4.C11H16F4O4.C11H18F2O4.C10H16F2O4/c1-4-11(2,3)9(17)19-5-6-20-10(18)12(15,16)7-8(13)14;1-3-7(2)9(16)18-4-5-19-10(17)11(14,15)6-8(12)13;1-5-10(2,3)8(14)16-6-7-17-9(15)11(4,12)13;1-4-7(2)8(13)15-5-6-16-9(14)10(3,11)12/h8H,4-7H2,1-3H3;7-8H,3-6H2,1-2H3;5-7H2,1-4H3;7H,4-6H2,1-3H3. The van der Waals surface area contributed by atoms with E-state index in [1.54, 1.807) is 55.4 Å².